The first-order valence-corrected chi connectivity index (χ1v) is 9.61. The van der Waals surface area contributed by atoms with Crippen LogP contribution in [0.25, 0.3) is 16.5 Å². The molecule has 0 aliphatic carbocycles. The van der Waals surface area contributed by atoms with Crippen molar-refractivity contribution in [2.75, 3.05) is 0 Å². The number of nitrogens with zero attached hydrogens (tertiary/aromatic N) is 2. The van der Waals surface area contributed by atoms with Crippen LogP contribution in [-0.2, 0) is 15.3 Å². The third-order valence-electron chi connectivity index (χ3n) is 4.65. The Bertz CT molecular complexity index is 1010. The summed E-state index contributed by atoms with van der Waals surface area (Å²) >= 11 is 3.37. The Labute approximate surface area is 180 Å². The van der Waals surface area contributed by atoms with Gasteiger partial charge in [-0.15, -0.1) is 23.1 Å². The van der Waals surface area contributed by atoms with E-state index in [-0.39, 0.29) is 47.2 Å². The van der Waals surface area contributed by atoms with Gasteiger partial charge in [0.25, 0.3) is 5.91 Å². The van der Waals surface area contributed by atoms with Crippen LogP contribution in [0.1, 0.15) is 16.9 Å². The van der Waals surface area contributed by atoms with Crippen molar-refractivity contribution in [3.63, 3.8) is 0 Å². The Kier molecular flexibility index (Phi) is 4.61. The molecule has 0 aromatic carbocycles. The van der Waals surface area contributed by atoms with Crippen molar-refractivity contribution >= 4 is 41.1 Å². The van der Waals surface area contributed by atoms with Gasteiger partial charge in [-0.25, -0.2) is 4.98 Å². The van der Waals surface area contributed by atoms with E-state index in [9.17, 15) is 14.7 Å². The third kappa shape index (κ3) is 2.61. The van der Waals surface area contributed by atoms with Crippen molar-refractivity contribution in [3.8, 4) is 10.4 Å². The third-order valence-corrected chi connectivity index (χ3v) is 6.86. The monoisotopic (exact) mass is 390 g/mol. The van der Waals surface area contributed by atoms with E-state index >= 15 is 0 Å². The van der Waals surface area contributed by atoms with E-state index in [0.29, 0.717) is 12.0 Å². The number of pyridine rings is 1. The zero-order valence-electron chi connectivity index (χ0n) is 13.9. The second-order valence-corrected chi connectivity index (χ2v) is 8.10. The van der Waals surface area contributed by atoms with Gasteiger partial charge in [-0.2, -0.15) is 0 Å². The number of carbonyl (C=O) groups excluding carboxylic acids is 2. The molecule has 0 N–H and O–H groups in total. The predicted octanol–water partition coefficient (Wildman–Crippen LogP) is -0.948. The number of rotatable bonds is 2. The van der Waals surface area contributed by atoms with Crippen LogP contribution >= 0.6 is 23.1 Å². The van der Waals surface area contributed by atoms with Crippen LogP contribution in [0.2, 0.25) is 0 Å². The van der Waals surface area contributed by atoms with Gasteiger partial charge in [0.15, 0.2) is 0 Å². The number of thioether (sulfide) groups is 1. The van der Waals surface area contributed by atoms with Crippen molar-refractivity contribution < 1.29 is 44.3 Å². The number of carboxylic acids is 1. The first-order chi connectivity index (χ1) is 12.1. The van der Waals surface area contributed by atoms with E-state index in [1.807, 2.05) is 12.1 Å². The number of carbonyl (C=O) groups is 2. The van der Waals surface area contributed by atoms with E-state index in [2.05, 4.69) is 17.1 Å². The average Bonchev–Trinajstić information content (AvgIpc) is 3.21. The molecule has 1 unspecified atom stereocenters. The Balaban J connectivity index is 0.00000168. The van der Waals surface area contributed by atoms with E-state index < -0.39 is 5.97 Å². The molecule has 5 rings (SSSR count). The summed E-state index contributed by atoms with van der Waals surface area (Å²) in [6.45, 7) is 0. The molecule has 3 aliphatic heterocycles. The molecule has 0 radical (unpaired) electrons. The number of fused-ring (bicyclic) bond motifs is 4. The fourth-order valence-electron chi connectivity index (χ4n) is 3.50. The number of hydrogen-bond acceptors (Lipinski definition) is 6. The molecule has 124 valence electrons. The summed E-state index contributed by atoms with van der Waals surface area (Å²) in [5.41, 5.74) is 3.07. The van der Waals surface area contributed by atoms with Crippen LogP contribution in [0.4, 0.5) is 0 Å². The number of aromatic nitrogens is 1. The minimum absolute atomic E-state index is 0. The maximum absolute atomic E-state index is 12.3. The summed E-state index contributed by atoms with van der Waals surface area (Å²) in [4.78, 5) is 31.3. The SMILES string of the molecule is O=C([O-])C1=CCC2/C(=C\c3cc4c(s3)-c3cccnc3SC4)C(=O)N12.[Na+]. The van der Waals surface area contributed by atoms with E-state index in [0.717, 1.165) is 21.2 Å². The number of amides is 1. The van der Waals surface area contributed by atoms with Crippen molar-refractivity contribution in [1.29, 1.82) is 0 Å². The van der Waals surface area contributed by atoms with Gasteiger partial charge in [-0.3, -0.25) is 9.69 Å². The average molecular weight is 390 g/mol. The molecule has 0 bridgehead atoms. The molecular formula is C18H11N2NaO3S2. The van der Waals surface area contributed by atoms with Crippen molar-refractivity contribution in [2.24, 2.45) is 0 Å². The zero-order chi connectivity index (χ0) is 17.1. The Morgan fingerprint density at radius 1 is 1.42 bits per heavy atom. The minimum Gasteiger partial charge on any atom is -0.543 e. The number of hydrogen-bond donors (Lipinski definition) is 0. The molecule has 0 saturated carbocycles. The molecule has 5 nitrogen and oxygen atoms in total. The van der Waals surface area contributed by atoms with Crippen LogP contribution in [0.5, 0.6) is 0 Å². The van der Waals surface area contributed by atoms with Crippen LogP contribution in [0.3, 0.4) is 0 Å². The molecule has 5 heterocycles. The molecule has 8 heteroatoms. The number of β-lactam (4-membered cyclic amide) rings is 1. The Hall–Kier alpha value is -1.38. The largest absolute Gasteiger partial charge is 1.00 e. The molecule has 3 aliphatic rings. The number of carboxylic acid groups (broad SMARTS) is 1. The van der Waals surface area contributed by atoms with Crippen molar-refractivity contribution in [1.82, 2.24) is 9.88 Å². The molecule has 26 heavy (non-hydrogen) atoms. The van der Waals surface area contributed by atoms with Crippen LogP contribution in [-0.4, -0.2) is 27.8 Å². The fourth-order valence-corrected chi connectivity index (χ4v) is 5.80. The molecule has 0 spiro atoms. The zero-order valence-corrected chi connectivity index (χ0v) is 17.5. The molecule has 1 atom stereocenters. The van der Waals surface area contributed by atoms with E-state index in [1.165, 1.54) is 15.3 Å². The smallest absolute Gasteiger partial charge is 0.543 e. The number of aliphatic carboxylic acids is 1. The summed E-state index contributed by atoms with van der Waals surface area (Å²) in [6.07, 6.45) is 5.81. The first kappa shape index (κ1) is 18.0. The van der Waals surface area contributed by atoms with Gasteiger partial charge in [-0.05, 0) is 36.3 Å². The van der Waals surface area contributed by atoms with Gasteiger partial charge in [0, 0.05) is 32.8 Å². The maximum atomic E-state index is 12.3. The number of thiophene rings is 1. The van der Waals surface area contributed by atoms with Crippen LogP contribution in [0.15, 0.2) is 46.8 Å². The first-order valence-electron chi connectivity index (χ1n) is 7.81. The van der Waals surface area contributed by atoms with Gasteiger partial charge < -0.3 is 9.90 Å². The molecule has 1 amide bonds. The topological polar surface area (TPSA) is 73.3 Å². The molecule has 1 saturated heterocycles. The summed E-state index contributed by atoms with van der Waals surface area (Å²) < 4.78 is 0. The molecule has 2 aromatic rings. The molecule has 2 aromatic heterocycles. The van der Waals surface area contributed by atoms with Gasteiger partial charge in [-0.1, -0.05) is 6.08 Å². The van der Waals surface area contributed by atoms with E-state index in [4.69, 9.17) is 0 Å². The minimum atomic E-state index is -1.29. The maximum Gasteiger partial charge on any atom is 1.00 e. The fraction of sp³-hybridized carbons (Fsp3) is 0.167. The Morgan fingerprint density at radius 2 is 2.27 bits per heavy atom. The Morgan fingerprint density at radius 3 is 3.08 bits per heavy atom. The van der Waals surface area contributed by atoms with Gasteiger partial charge in [0.05, 0.1) is 17.7 Å². The summed E-state index contributed by atoms with van der Waals surface area (Å²) in [6, 6.07) is 5.96. The summed E-state index contributed by atoms with van der Waals surface area (Å²) in [7, 11) is 0. The van der Waals surface area contributed by atoms with Gasteiger partial charge in [0.1, 0.15) is 5.03 Å². The van der Waals surface area contributed by atoms with Crippen LogP contribution < -0.4 is 34.7 Å². The second kappa shape index (κ2) is 6.65. The quantitative estimate of drug-likeness (QED) is 0.376. The van der Waals surface area contributed by atoms with Crippen molar-refractivity contribution in [3.05, 3.63) is 52.2 Å². The second-order valence-electron chi connectivity index (χ2n) is 6.05. The standard InChI is InChI=1S/C18H12N2O3S2.Na/c21-17-12(13-3-4-14(18(22)23)20(13)17)7-10-6-9-8-24-16-11(15(9)25-10)2-1-5-19-16;/h1-2,4-7,13H,3,8H2,(H,22,23);/q;+1/p-1/b12-7+;. The molecule has 1 fully saturated rings. The van der Waals surface area contributed by atoms with Gasteiger partial charge in [0.2, 0.25) is 0 Å². The predicted molar refractivity (Wildman–Crippen MR) is 93.4 cm³/mol. The van der Waals surface area contributed by atoms with Crippen molar-refractivity contribution in [2.45, 2.75) is 23.2 Å². The summed E-state index contributed by atoms with van der Waals surface area (Å²) in [5, 5.41) is 12.1. The summed E-state index contributed by atoms with van der Waals surface area (Å²) in [5.74, 6) is -0.651. The van der Waals surface area contributed by atoms with E-state index in [1.54, 1.807) is 35.4 Å². The molecular weight excluding hydrogens is 379 g/mol. The normalized spacial score (nSPS) is 21.3. The van der Waals surface area contributed by atoms with Gasteiger partial charge >= 0.3 is 29.6 Å². The van der Waals surface area contributed by atoms with Crippen LogP contribution in [0, 0.1) is 0 Å².